The van der Waals surface area contributed by atoms with E-state index in [0.717, 1.165) is 5.56 Å². The van der Waals surface area contributed by atoms with Crippen LogP contribution in [-0.2, 0) is 10.0 Å². The van der Waals surface area contributed by atoms with Crippen LogP contribution in [0.1, 0.15) is 5.56 Å². The topological polar surface area (TPSA) is 82.8 Å². The van der Waals surface area contributed by atoms with Crippen LogP contribution in [0.4, 0.5) is 5.69 Å². The standard InChI is InChI=1S/C8H9N3O2S/c1-7-2-4-10-6-8(7)11-14(12,13)5-3-9/h2,4,6,11H,5H2,1H3. The van der Waals surface area contributed by atoms with Crippen molar-refractivity contribution in [2.75, 3.05) is 10.5 Å². The Hall–Kier alpha value is -1.61. The van der Waals surface area contributed by atoms with Crippen LogP contribution in [0.2, 0.25) is 0 Å². The molecule has 74 valence electrons. The summed E-state index contributed by atoms with van der Waals surface area (Å²) >= 11 is 0. The smallest absolute Gasteiger partial charge is 0.246 e. The molecule has 0 spiro atoms. The third-order valence-electron chi connectivity index (χ3n) is 1.56. The Morgan fingerprint density at radius 3 is 2.93 bits per heavy atom. The summed E-state index contributed by atoms with van der Waals surface area (Å²) in [5.74, 6) is -0.554. The predicted octanol–water partition coefficient (Wildman–Crippen LogP) is 0.655. The molecule has 0 unspecified atom stereocenters. The van der Waals surface area contributed by atoms with Gasteiger partial charge in [0.25, 0.3) is 0 Å². The van der Waals surface area contributed by atoms with E-state index < -0.39 is 15.8 Å². The second kappa shape index (κ2) is 4.07. The fourth-order valence-corrected chi connectivity index (χ4v) is 1.65. The van der Waals surface area contributed by atoms with E-state index in [1.165, 1.54) is 6.20 Å². The molecule has 0 aromatic carbocycles. The number of hydrogen-bond donors (Lipinski definition) is 1. The Bertz CT molecular complexity index is 462. The Morgan fingerprint density at radius 1 is 1.64 bits per heavy atom. The molecule has 1 heterocycles. The van der Waals surface area contributed by atoms with E-state index >= 15 is 0 Å². The van der Waals surface area contributed by atoms with Gasteiger partial charge >= 0.3 is 0 Å². The number of nitriles is 1. The van der Waals surface area contributed by atoms with Gasteiger partial charge in [-0.05, 0) is 18.6 Å². The predicted molar refractivity (Wildman–Crippen MR) is 52.0 cm³/mol. The van der Waals surface area contributed by atoms with E-state index in [1.54, 1.807) is 25.3 Å². The normalized spacial score (nSPS) is 10.6. The van der Waals surface area contributed by atoms with E-state index in [9.17, 15) is 8.42 Å². The van der Waals surface area contributed by atoms with Crippen LogP contribution in [0.25, 0.3) is 0 Å². The fraction of sp³-hybridized carbons (Fsp3) is 0.250. The van der Waals surface area contributed by atoms with Crippen LogP contribution in [0.15, 0.2) is 18.5 Å². The number of hydrogen-bond acceptors (Lipinski definition) is 4. The summed E-state index contributed by atoms with van der Waals surface area (Å²) in [4.78, 5) is 3.78. The van der Waals surface area contributed by atoms with Crippen LogP contribution >= 0.6 is 0 Å². The Balaban J connectivity index is 2.91. The summed E-state index contributed by atoms with van der Waals surface area (Å²) in [7, 11) is -3.56. The molecule has 6 heteroatoms. The van der Waals surface area contributed by atoms with Crippen LogP contribution in [-0.4, -0.2) is 19.2 Å². The molecule has 1 N–H and O–H groups in total. The van der Waals surface area contributed by atoms with Crippen molar-refractivity contribution in [1.29, 1.82) is 5.26 Å². The zero-order chi connectivity index (χ0) is 10.6. The SMILES string of the molecule is Cc1ccncc1NS(=O)(=O)CC#N. The molecule has 1 aromatic heterocycles. The zero-order valence-corrected chi connectivity index (χ0v) is 8.37. The number of nitrogens with one attached hydrogen (secondary N) is 1. The number of aromatic nitrogens is 1. The van der Waals surface area contributed by atoms with Crippen molar-refractivity contribution < 1.29 is 8.42 Å². The van der Waals surface area contributed by atoms with Gasteiger partial charge in [0, 0.05) is 6.20 Å². The molecule has 1 rings (SSSR count). The third-order valence-corrected chi connectivity index (χ3v) is 2.60. The molecule has 0 radical (unpaired) electrons. The molecular formula is C8H9N3O2S. The van der Waals surface area contributed by atoms with Crippen molar-refractivity contribution >= 4 is 15.7 Å². The Labute approximate surface area is 82.4 Å². The molecule has 0 saturated heterocycles. The van der Waals surface area contributed by atoms with Crippen molar-refractivity contribution in [2.24, 2.45) is 0 Å². The quantitative estimate of drug-likeness (QED) is 0.795. The summed E-state index contributed by atoms with van der Waals surface area (Å²) in [6.45, 7) is 1.76. The Kier molecular flexibility index (Phi) is 3.04. The summed E-state index contributed by atoms with van der Waals surface area (Å²) < 4.78 is 24.7. The van der Waals surface area contributed by atoms with Crippen molar-refractivity contribution in [3.05, 3.63) is 24.0 Å². The molecule has 0 fully saturated rings. The second-order valence-corrected chi connectivity index (χ2v) is 4.43. The number of sulfonamides is 1. The fourth-order valence-electron chi connectivity index (χ4n) is 0.859. The van der Waals surface area contributed by atoms with Crippen LogP contribution in [0.3, 0.4) is 0 Å². The highest BCUT2D eigenvalue weighted by molar-refractivity contribution is 7.92. The number of rotatable bonds is 3. The molecule has 0 saturated carbocycles. The van der Waals surface area contributed by atoms with E-state index in [-0.39, 0.29) is 0 Å². The summed E-state index contributed by atoms with van der Waals surface area (Å²) in [5, 5.41) is 8.26. The van der Waals surface area contributed by atoms with Gasteiger partial charge in [0.1, 0.15) is 0 Å². The largest absolute Gasteiger partial charge is 0.281 e. The molecule has 0 aliphatic heterocycles. The molecule has 0 bridgehead atoms. The second-order valence-electron chi connectivity index (χ2n) is 2.71. The minimum Gasteiger partial charge on any atom is -0.281 e. The van der Waals surface area contributed by atoms with Gasteiger partial charge in [-0.3, -0.25) is 9.71 Å². The monoisotopic (exact) mass is 211 g/mol. The summed E-state index contributed by atoms with van der Waals surface area (Å²) in [6.07, 6.45) is 2.97. The highest BCUT2D eigenvalue weighted by atomic mass is 32.2. The van der Waals surface area contributed by atoms with Gasteiger partial charge in [0.05, 0.1) is 18.0 Å². The average molecular weight is 211 g/mol. The first-order valence-electron chi connectivity index (χ1n) is 3.83. The van der Waals surface area contributed by atoms with Crippen molar-refractivity contribution in [2.45, 2.75) is 6.92 Å². The Morgan fingerprint density at radius 2 is 2.36 bits per heavy atom. The first-order chi connectivity index (χ1) is 6.55. The van der Waals surface area contributed by atoms with Crippen molar-refractivity contribution in [3.8, 4) is 6.07 Å². The van der Waals surface area contributed by atoms with Gasteiger partial charge in [0.2, 0.25) is 10.0 Å². The van der Waals surface area contributed by atoms with Gasteiger partial charge in [-0.15, -0.1) is 0 Å². The molecule has 0 atom stereocenters. The molecule has 0 amide bonds. The van der Waals surface area contributed by atoms with Gasteiger partial charge in [-0.1, -0.05) is 0 Å². The maximum atomic E-state index is 11.2. The van der Waals surface area contributed by atoms with Gasteiger partial charge in [-0.2, -0.15) is 5.26 Å². The van der Waals surface area contributed by atoms with Gasteiger partial charge in [0.15, 0.2) is 5.75 Å². The van der Waals surface area contributed by atoms with E-state index in [0.29, 0.717) is 5.69 Å². The lowest BCUT2D eigenvalue weighted by Gasteiger charge is -2.06. The molecular weight excluding hydrogens is 202 g/mol. The van der Waals surface area contributed by atoms with Crippen LogP contribution in [0, 0.1) is 18.3 Å². The number of aryl methyl sites for hydroxylation is 1. The minimum absolute atomic E-state index is 0.405. The maximum Gasteiger partial charge on any atom is 0.246 e. The van der Waals surface area contributed by atoms with E-state index in [1.807, 2.05) is 0 Å². The molecule has 0 aliphatic carbocycles. The molecule has 1 aromatic rings. The third kappa shape index (κ3) is 2.71. The first kappa shape index (κ1) is 10.5. The van der Waals surface area contributed by atoms with Crippen molar-refractivity contribution in [1.82, 2.24) is 4.98 Å². The summed E-state index contributed by atoms with van der Waals surface area (Å²) in [6, 6.07) is 3.26. The zero-order valence-electron chi connectivity index (χ0n) is 7.56. The van der Waals surface area contributed by atoms with Gasteiger partial charge in [-0.25, -0.2) is 8.42 Å². The number of pyridine rings is 1. The van der Waals surface area contributed by atoms with Crippen molar-refractivity contribution in [3.63, 3.8) is 0 Å². The van der Waals surface area contributed by atoms with Crippen LogP contribution in [0.5, 0.6) is 0 Å². The molecule has 5 nitrogen and oxygen atoms in total. The summed E-state index contributed by atoms with van der Waals surface area (Å²) in [5.41, 5.74) is 1.17. The lowest BCUT2D eigenvalue weighted by atomic mass is 10.3. The lowest BCUT2D eigenvalue weighted by Crippen LogP contribution is -2.16. The van der Waals surface area contributed by atoms with E-state index in [4.69, 9.17) is 5.26 Å². The molecule has 14 heavy (non-hydrogen) atoms. The highest BCUT2D eigenvalue weighted by Crippen LogP contribution is 2.12. The first-order valence-corrected chi connectivity index (χ1v) is 5.48. The van der Waals surface area contributed by atoms with Gasteiger partial charge < -0.3 is 0 Å². The average Bonchev–Trinajstić information content (AvgIpc) is 2.08. The maximum absolute atomic E-state index is 11.2. The number of anilines is 1. The molecule has 0 aliphatic rings. The minimum atomic E-state index is -3.56. The highest BCUT2D eigenvalue weighted by Gasteiger charge is 2.10. The number of nitrogens with zero attached hydrogens (tertiary/aromatic N) is 2. The van der Waals surface area contributed by atoms with E-state index in [2.05, 4.69) is 9.71 Å². The lowest BCUT2D eigenvalue weighted by molar-refractivity contribution is 0.604. The van der Waals surface area contributed by atoms with Crippen LogP contribution < -0.4 is 4.72 Å².